The monoisotopic (exact) mass is 360 g/mol. The molecule has 0 radical (unpaired) electrons. The van der Waals surface area contributed by atoms with Crippen LogP contribution in [-0.2, 0) is 20.9 Å². The average molecular weight is 360 g/mol. The Balaban J connectivity index is 1.76. The van der Waals surface area contributed by atoms with Gasteiger partial charge in [0.05, 0.1) is 24.2 Å². The van der Waals surface area contributed by atoms with Crippen LogP contribution in [0.25, 0.3) is 5.57 Å². The molecule has 2 aromatic carbocycles. The highest BCUT2D eigenvalue weighted by molar-refractivity contribution is 6.38. The molecule has 0 atom stereocenters. The zero-order valence-electron chi connectivity index (χ0n) is 15.3. The average Bonchev–Trinajstić information content (AvgIpc) is 3.10. The van der Waals surface area contributed by atoms with Crippen LogP contribution in [0.2, 0.25) is 0 Å². The van der Waals surface area contributed by atoms with Crippen molar-refractivity contribution in [1.29, 1.82) is 0 Å². The Morgan fingerprint density at radius 2 is 1.56 bits per heavy atom. The number of hydrogen-bond acceptors (Lipinski definition) is 3. The third-order valence-corrected chi connectivity index (χ3v) is 5.00. The Labute approximate surface area is 157 Å². The van der Waals surface area contributed by atoms with Crippen LogP contribution in [0.1, 0.15) is 31.4 Å². The number of hydrogen-bond donors (Lipinski definition) is 0. The van der Waals surface area contributed by atoms with Crippen LogP contribution >= 0.6 is 0 Å². The van der Waals surface area contributed by atoms with E-state index < -0.39 is 0 Å². The number of benzene rings is 2. The smallest absolute Gasteiger partial charge is 0.259 e. The van der Waals surface area contributed by atoms with Crippen LogP contribution in [0, 0.1) is 0 Å². The van der Waals surface area contributed by atoms with Crippen LogP contribution in [0.4, 0.5) is 5.69 Å². The second kappa shape index (κ2) is 6.50. The molecule has 0 unspecified atom stereocenters. The van der Waals surface area contributed by atoms with Gasteiger partial charge in [0.25, 0.3) is 11.8 Å². The quantitative estimate of drug-likeness (QED) is 0.624. The lowest BCUT2D eigenvalue weighted by molar-refractivity contribution is -0.138. The number of amides is 3. The highest BCUT2D eigenvalue weighted by Crippen LogP contribution is 2.41. The molecule has 2 aromatic rings. The van der Waals surface area contributed by atoms with Gasteiger partial charge in [0, 0.05) is 17.2 Å². The maximum Gasteiger partial charge on any atom is 0.259 e. The third-order valence-electron chi connectivity index (χ3n) is 5.00. The molecule has 136 valence electrons. The highest BCUT2D eigenvalue weighted by atomic mass is 16.2. The molecule has 0 aliphatic carbocycles. The summed E-state index contributed by atoms with van der Waals surface area (Å²) in [4.78, 5) is 41.6. The summed E-state index contributed by atoms with van der Waals surface area (Å²) in [7, 11) is 0. The molecule has 2 aliphatic heterocycles. The first-order valence-electron chi connectivity index (χ1n) is 9.03. The van der Waals surface area contributed by atoms with Gasteiger partial charge in [-0.05, 0) is 25.5 Å². The minimum absolute atomic E-state index is 0.0347. The predicted molar refractivity (Wildman–Crippen MR) is 103 cm³/mol. The number of imide groups is 1. The number of nitrogens with zero attached hydrogens (tertiary/aromatic N) is 2. The SMILES string of the molecule is CC(C)N1C(=O)/C(=C2/CC(=O)N(Cc3ccccc3)C2=O)c2ccccc21. The van der Waals surface area contributed by atoms with Gasteiger partial charge in [-0.3, -0.25) is 19.3 Å². The van der Waals surface area contributed by atoms with Gasteiger partial charge in [-0.25, -0.2) is 0 Å². The van der Waals surface area contributed by atoms with E-state index >= 15 is 0 Å². The minimum atomic E-state index is -0.368. The molecule has 0 saturated carbocycles. The maximum absolute atomic E-state index is 13.1. The van der Waals surface area contributed by atoms with Gasteiger partial charge in [-0.15, -0.1) is 0 Å². The van der Waals surface area contributed by atoms with Gasteiger partial charge < -0.3 is 4.90 Å². The molecule has 1 saturated heterocycles. The minimum Gasteiger partial charge on any atom is -0.305 e. The van der Waals surface area contributed by atoms with Crippen molar-refractivity contribution in [2.24, 2.45) is 0 Å². The van der Waals surface area contributed by atoms with Gasteiger partial charge in [0.2, 0.25) is 5.91 Å². The normalized spacial score (nSPS) is 19.4. The summed E-state index contributed by atoms with van der Waals surface area (Å²) in [5.74, 6) is -0.837. The molecule has 27 heavy (non-hydrogen) atoms. The van der Waals surface area contributed by atoms with Crippen molar-refractivity contribution in [2.45, 2.75) is 32.9 Å². The lowest BCUT2D eigenvalue weighted by atomic mass is 10.00. The fourth-order valence-electron chi connectivity index (χ4n) is 3.76. The van der Waals surface area contributed by atoms with Crippen LogP contribution in [-0.4, -0.2) is 28.7 Å². The summed E-state index contributed by atoms with van der Waals surface area (Å²) in [6.07, 6.45) is -0.0347. The Morgan fingerprint density at radius 1 is 0.889 bits per heavy atom. The molecule has 0 spiro atoms. The van der Waals surface area contributed by atoms with Crippen molar-refractivity contribution >= 4 is 29.0 Å². The fourth-order valence-corrected chi connectivity index (χ4v) is 3.76. The van der Waals surface area contributed by atoms with Crippen LogP contribution in [0.3, 0.4) is 0 Å². The largest absolute Gasteiger partial charge is 0.305 e. The summed E-state index contributed by atoms with van der Waals surface area (Å²) in [5, 5.41) is 0. The number of carbonyl (C=O) groups is 3. The second-order valence-corrected chi connectivity index (χ2v) is 7.09. The molecule has 3 amide bonds. The van der Waals surface area contributed by atoms with Crippen LogP contribution < -0.4 is 4.90 Å². The first-order chi connectivity index (χ1) is 13.0. The Morgan fingerprint density at radius 3 is 2.26 bits per heavy atom. The van der Waals surface area contributed by atoms with Crippen molar-refractivity contribution in [3.63, 3.8) is 0 Å². The van der Waals surface area contributed by atoms with E-state index in [4.69, 9.17) is 0 Å². The summed E-state index contributed by atoms with van der Waals surface area (Å²) < 4.78 is 0. The van der Waals surface area contributed by atoms with Crippen molar-refractivity contribution in [1.82, 2.24) is 4.90 Å². The van der Waals surface area contributed by atoms with Gasteiger partial charge in [-0.2, -0.15) is 0 Å². The van der Waals surface area contributed by atoms with Crippen molar-refractivity contribution < 1.29 is 14.4 Å². The Kier molecular flexibility index (Phi) is 4.15. The molecule has 5 heteroatoms. The standard InChI is InChI=1S/C22H20N2O3/c1-14(2)24-18-11-7-6-10-16(18)20(22(24)27)17-12-19(25)23(21(17)26)13-15-8-4-3-5-9-15/h3-11,14H,12-13H2,1-2H3/b20-17-. The maximum atomic E-state index is 13.1. The van der Waals surface area contributed by atoms with E-state index in [1.165, 1.54) is 4.90 Å². The molecular formula is C22H20N2O3. The summed E-state index contributed by atoms with van der Waals surface area (Å²) in [6, 6.07) is 16.8. The van der Waals surface area contributed by atoms with Crippen molar-refractivity contribution in [3.05, 3.63) is 71.3 Å². The number of likely N-dealkylation sites (tertiary alicyclic amines) is 1. The van der Waals surface area contributed by atoms with Gasteiger partial charge in [0.1, 0.15) is 0 Å². The second-order valence-electron chi connectivity index (χ2n) is 7.09. The highest BCUT2D eigenvalue weighted by Gasteiger charge is 2.42. The topological polar surface area (TPSA) is 57.7 Å². The molecule has 2 aliphatic rings. The lowest BCUT2D eigenvalue weighted by Gasteiger charge is -2.21. The Bertz CT molecular complexity index is 976. The van der Waals surface area contributed by atoms with E-state index in [0.717, 1.165) is 16.8 Å². The third kappa shape index (κ3) is 2.76. The van der Waals surface area contributed by atoms with E-state index in [1.807, 2.05) is 68.4 Å². The fraction of sp³-hybridized carbons (Fsp3) is 0.227. The summed E-state index contributed by atoms with van der Waals surface area (Å²) >= 11 is 0. The van der Waals surface area contributed by atoms with Crippen LogP contribution in [0.5, 0.6) is 0 Å². The van der Waals surface area contributed by atoms with Crippen molar-refractivity contribution in [2.75, 3.05) is 4.90 Å². The van der Waals surface area contributed by atoms with E-state index in [1.54, 1.807) is 4.90 Å². The van der Waals surface area contributed by atoms with E-state index in [9.17, 15) is 14.4 Å². The first-order valence-corrected chi connectivity index (χ1v) is 9.03. The number of fused-ring (bicyclic) bond motifs is 1. The van der Waals surface area contributed by atoms with E-state index in [0.29, 0.717) is 11.1 Å². The molecule has 0 aromatic heterocycles. The van der Waals surface area contributed by atoms with Crippen LogP contribution in [0.15, 0.2) is 60.2 Å². The van der Waals surface area contributed by atoms with Gasteiger partial charge >= 0.3 is 0 Å². The predicted octanol–water partition coefficient (Wildman–Crippen LogP) is 3.15. The number of para-hydroxylation sites is 1. The number of rotatable bonds is 3. The lowest BCUT2D eigenvalue weighted by Crippen LogP contribution is -2.34. The molecular weight excluding hydrogens is 340 g/mol. The molecule has 2 heterocycles. The summed E-state index contributed by atoms with van der Waals surface area (Å²) in [6.45, 7) is 4.09. The van der Waals surface area contributed by atoms with E-state index in [-0.39, 0.29) is 36.7 Å². The Hall–Kier alpha value is -3.21. The first kappa shape index (κ1) is 17.2. The number of anilines is 1. The van der Waals surface area contributed by atoms with Gasteiger partial charge in [0.15, 0.2) is 0 Å². The molecule has 4 rings (SSSR count). The molecule has 5 nitrogen and oxygen atoms in total. The van der Waals surface area contributed by atoms with E-state index in [2.05, 4.69) is 0 Å². The summed E-state index contributed by atoms with van der Waals surface area (Å²) in [5.41, 5.74) is 3.08. The molecule has 0 bridgehead atoms. The zero-order chi connectivity index (χ0) is 19.1. The number of carbonyl (C=O) groups excluding carboxylic acids is 3. The van der Waals surface area contributed by atoms with Crippen molar-refractivity contribution in [3.8, 4) is 0 Å². The van der Waals surface area contributed by atoms with Gasteiger partial charge in [-0.1, -0.05) is 48.5 Å². The zero-order valence-corrected chi connectivity index (χ0v) is 15.3. The molecule has 0 N–H and O–H groups in total. The molecule has 1 fully saturated rings.